The molecule has 0 radical (unpaired) electrons. The monoisotopic (exact) mass is 717 g/mol. The summed E-state index contributed by atoms with van der Waals surface area (Å²) in [5.74, 6) is 1.58. The van der Waals surface area contributed by atoms with E-state index < -0.39 is 0 Å². The van der Waals surface area contributed by atoms with Crippen molar-refractivity contribution in [2.75, 3.05) is 0 Å². The predicted octanol–water partition coefficient (Wildman–Crippen LogP) is 12.7. The van der Waals surface area contributed by atoms with Gasteiger partial charge in [-0.1, -0.05) is 133 Å². The van der Waals surface area contributed by atoms with Gasteiger partial charge in [-0.3, -0.25) is 4.57 Å². The Morgan fingerprint density at radius 2 is 0.839 bits per heavy atom. The van der Waals surface area contributed by atoms with Gasteiger partial charge in [0.25, 0.3) is 0 Å². The van der Waals surface area contributed by atoms with Crippen molar-refractivity contribution in [3.05, 3.63) is 188 Å². The number of furan rings is 1. The number of hydrogen-bond acceptors (Lipinski definition) is 3. The van der Waals surface area contributed by atoms with Crippen LogP contribution in [0.2, 0.25) is 0 Å². The van der Waals surface area contributed by atoms with Crippen LogP contribution in [0.25, 0.3) is 105 Å². The van der Waals surface area contributed by atoms with E-state index in [0.717, 1.165) is 100 Å². The second kappa shape index (κ2) is 11.9. The normalized spacial score (nSPS) is 11.9. The fourth-order valence-corrected chi connectivity index (χ4v) is 8.80. The molecule has 0 aliphatic rings. The summed E-state index contributed by atoms with van der Waals surface area (Å²) in [7, 11) is 0. The van der Waals surface area contributed by atoms with Crippen molar-refractivity contribution in [3.63, 3.8) is 0 Å². The Hall–Kier alpha value is -7.70. The minimum atomic E-state index is 0.789. The van der Waals surface area contributed by atoms with Crippen LogP contribution in [0.15, 0.2) is 192 Å². The number of fused-ring (bicyclic) bond motifs is 9. The van der Waals surface area contributed by atoms with E-state index in [9.17, 15) is 0 Å². The maximum absolute atomic E-state index is 6.39. The molecule has 0 aliphatic carbocycles. The summed E-state index contributed by atoms with van der Waals surface area (Å²) >= 11 is 0. The minimum Gasteiger partial charge on any atom is -0.456 e. The molecule has 0 fully saturated rings. The van der Waals surface area contributed by atoms with Crippen LogP contribution in [0.4, 0.5) is 0 Å². The van der Waals surface area contributed by atoms with Crippen molar-refractivity contribution in [1.29, 1.82) is 0 Å². The Labute approximate surface area is 320 Å². The molecule has 0 spiro atoms. The SMILES string of the molecule is c1ccc(-c2nnc(-c3ccccc3)n2-c2cccc3c2c2ccccc2n3-c2ccccc2-n2c3ccccc3c3cc4oc5ccccc5c4cc32)cc1. The standard InChI is InChI=1S/C50H31N5O/c1-3-16-32(17-4-1)49-51-52-50(33-18-5-2-6-19-33)55(49)44-28-15-27-43-48(44)36-22-8-11-24-40(36)53(43)41-25-12-13-26-42(41)54-39-23-10-7-20-34(39)37-31-47-38(30-45(37)54)35-21-9-14-29-46(35)56-47/h1-31H. The zero-order valence-corrected chi connectivity index (χ0v) is 30.0. The van der Waals surface area contributed by atoms with Crippen LogP contribution < -0.4 is 0 Å². The highest BCUT2D eigenvalue weighted by atomic mass is 16.3. The van der Waals surface area contributed by atoms with E-state index in [1.807, 2.05) is 24.3 Å². The van der Waals surface area contributed by atoms with Crippen molar-refractivity contribution in [1.82, 2.24) is 23.9 Å². The first-order chi connectivity index (χ1) is 27.8. The Bertz CT molecular complexity index is 3420. The van der Waals surface area contributed by atoms with Gasteiger partial charge in [-0.15, -0.1) is 10.2 Å². The van der Waals surface area contributed by atoms with Gasteiger partial charge in [-0.25, -0.2) is 0 Å². The number of rotatable bonds is 5. The highest BCUT2D eigenvalue weighted by Gasteiger charge is 2.24. The molecule has 262 valence electrons. The molecule has 0 bridgehead atoms. The summed E-state index contributed by atoms with van der Waals surface area (Å²) in [6.45, 7) is 0. The smallest absolute Gasteiger partial charge is 0.168 e. The second-order valence-corrected chi connectivity index (χ2v) is 14.2. The largest absolute Gasteiger partial charge is 0.456 e. The molecule has 4 aromatic heterocycles. The topological polar surface area (TPSA) is 53.7 Å². The molecule has 56 heavy (non-hydrogen) atoms. The molecular formula is C50H31N5O. The highest BCUT2D eigenvalue weighted by molar-refractivity contribution is 6.18. The van der Waals surface area contributed by atoms with Crippen LogP contribution in [-0.2, 0) is 0 Å². The van der Waals surface area contributed by atoms with Crippen molar-refractivity contribution in [2.24, 2.45) is 0 Å². The van der Waals surface area contributed by atoms with Crippen LogP contribution >= 0.6 is 0 Å². The lowest BCUT2D eigenvalue weighted by Gasteiger charge is -2.17. The average Bonchev–Trinajstić information content (AvgIpc) is 4.03. The van der Waals surface area contributed by atoms with Gasteiger partial charge in [0.15, 0.2) is 11.6 Å². The molecule has 0 saturated carbocycles. The molecule has 6 nitrogen and oxygen atoms in total. The third-order valence-electron chi connectivity index (χ3n) is 11.2. The summed E-state index contributed by atoms with van der Waals surface area (Å²) < 4.78 is 13.5. The lowest BCUT2D eigenvalue weighted by molar-refractivity contribution is 0.669. The zero-order chi connectivity index (χ0) is 36.7. The van der Waals surface area contributed by atoms with E-state index in [1.54, 1.807) is 0 Å². The predicted molar refractivity (Wildman–Crippen MR) is 228 cm³/mol. The van der Waals surface area contributed by atoms with Crippen LogP contribution in [0.5, 0.6) is 0 Å². The first-order valence-electron chi connectivity index (χ1n) is 18.8. The first-order valence-corrected chi connectivity index (χ1v) is 18.8. The van der Waals surface area contributed by atoms with E-state index in [0.29, 0.717) is 0 Å². The van der Waals surface area contributed by atoms with Gasteiger partial charge >= 0.3 is 0 Å². The van der Waals surface area contributed by atoms with E-state index in [2.05, 4.69) is 177 Å². The highest BCUT2D eigenvalue weighted by Crippen LogP contribution is 2.43. The molecule has 0 N–H and O–H groups in total. The fraction of sp³-hybridized carbons (Fsp3) is 0. The third-order valence-corrected chi connectivity index (χ3v) is 11.2. The van der Waals surface area contributed by atoms with Gasteiger partial charge in [-0.2, -0.15) is 0 Å². The van der Waals surface area contributed by atoms with Crippen molar-refractivity contribution in [3.8, 4) is 39.8 Å². The molecule has 8 aromatic carbocycles. The lowest BCUT2D eigenvalue weighted by Crippen LogP contribution is -2.04. The first kappa shape index (κ1) is 30.7. The summed E-state index contributed by atoms with van der Waals surface area (Å²) in [5.41, 5.74) is 11.4. The molecule has 12 aromatic rings. The van der Waals surface area contributed by atoms with Gasteiger partial charge in [0, 0.05) is 43.4 Å². The molecule has 0 atom stereocenters. The lowest BCUT2D eigenvalue weighted by atomic mass is 10.1. The molecule has 0 amide bonds. The number of para-hydroxylation sites is 5. The van der Waals surface area contributed by atoms with E-state index >= 15 is 0 Å². The van der Waals surface area contributed by atoms with Crippen molar-refractivity contribution >= 4 is 65.6 Å². The second-order valence-electron chi connectivity index (χ2n) is 14.2. The van der Waals surface area contributed by atoms with E-state index in [-0.39, 0.29) is 0 Å². The Balaban J connectivity index is 1.17. The van der Waals surface area contributed by atoms with Crippen molar-refractivity contribution < 1.29 is 4.42 Å². The van der Waals surface area contributed by atoms with Crippen LogP contribution in [0.3, 0.4) is 0 Å². The van der Waals surface area contributed by atoms with Gasteiger partial charge in [-0.05, 0) is 54.6 Å². The van der Waals surface area contributed by atoms with Gasteiger partial charge in [0.05, 0.1) is 39.1 Å². The third kappa shape index (κ3) is 4.38. The molecular weight excluding hydrogens is 687 g/mol. The molecule has 4 heterocycles. The summed E-state index contributed by atoms with van der Waals surface area (Å²) in [6.07, 6.45) is 0. The Morgan fingerprint density at radius 1 is 0.321 bits per heavy atom. The number of benzene rings is 8. The molecule has 6 heteroatoms. The average molecular weight is 718 g/mol. The molecule has 0 saturated heterocycles. The number of nitrogens with zero attached hydrogens (tertiary/aromatic N) is 5. The van der Waals surface area contributed by atoms with Crippen LogP contribution in [0, 0.1) is 0 Å². The molecule has 0 unspecified atom stereocenters. The summed E-state index contributed by atoms with van der Waals surface area (Å²) in [4.78, 5) is 0. The summed E-state index contributed by atoms with van der Waals surface area (Å²) in [6, 6.07) is 66.2. The van der Waals surface area contributed by atoms with Gasteiger partial charge < -0.3 is 13.6 Å². The van der Waals surface area contributed by atoms with Gasteiger partial charge in [0.1, 0.15) is 11.2 Å². The molecule has 12 rings (SSSR count). The zero-order valence-electron chi connectivity index (χ0n) is 30.0. The van der Waals surface area contributed by atoms with E-state index in [1.165, 1.54) is 5.39 Å². The maximum Gasteiger partial charge on any atom is 0.168 e. The van der Waals surface area contributed by atoms with Crippen LogP contribution in [0.1, 0.15) is 0 Å². The Kier molecular flexibility index (Phi) is 6.53. The maximum atomic E-state index is 6.39. The van der Waals surface area contributed by atoms with Crippen molar-refractivity contribution in [2.45, 2.75) is 0 Å². The quantitative estimate of drug-likeness (QED) is 0.178. The molecule has 0 aliphatic heterocycles. The minimum absolute atomic E-state index is 0.789. The van der Waals surface area contributed by atoms with E-state index in [4.69, 9.17) is 14.6 Å². The van der Waals surface area contributed by atoms with Gasteiger partial charge in [0.2, 0.25) is 0 Å². The fourth-order valence-electron chi connectivity index (χ4n) is 8.80. The number of hydrogen-bond donors (Lipinski definition) is 0. The summed E-state index contributed by atoms with van der Waals surface area (Å²) in [5, 5.41) is 16.5. The van der Waals surface area contributed by atoms with Crippen LogP contribution in [-0.4, -0.2) is 23.9 Å². The number of aromatic nitrogens is 5. The Morgan fingerprint density at radius 3 is 1.54 bits per heavy atom.